The van der Waals surface area contributed by atoms with Gasteiger partial charge in [-0.25, -0.2) is 9.97 Å². The molecule has 0 aliphatic heterocycles. The monoisotopic (exact) mass is 288 g/mol. The first-order chi connectivity index (χ1) is 9.65. The maximum Gasteiger partial charge on any atom is 0.154 e. The molecule has 2 N–H and O–H groups in total. The molecule has 0 saturated heterocycles. The SMILES string of the molecule is CN(C)c1ncnc(Nc2ccc3[nH]ncc3c2)c1Cl. The number of H-pyrrole nitrogens is 1. The summed E-state index contributed by atoms with van der Waals surface area (Å²) in [5.41, 5.74) is 1.88. The van der Waals surface area contributed by atoms with Crippen LogP contribution in [0.5, 0.6) is 0 Å². The molecular weight excluding hydrogens is 276 g/mol. The van der Waals surface area contributed by atoms with Crippen molar-refractivity contribution in [2.45, 2.75) is 0 Å². The largest absolute Gasteiger partial charge is 0.361 e. The van der Waals surface area contributed by atoms with Crippen LogP contribution in [-0.4, -0.2) is 34.3 Å². The van der Waals surface area contributed by atoms with Gasteiger partial charge in [0.25, 0.3) is 0 Å². The van der Waals surface area contributed by atoms with Crippen molar-refractivity contribution in [2.24, 2.45) is 0 Å². The van der Waals surface area contributed by atoms with Crippen LogP contribution in [0.15, 0.2) is 30.7 Å². The van der Waals surface area contributed by atoms with Gasteiger partial charge in [0.15, 0.2) is 11.6 Å². The zero-order valence-electron chi connectivity index (χ0n) is 11.1. The van der Waals surface area contributed by atoms with Crippen molar-refractivity contribution in [1.29, 1.82) is 0 Å². The van der Waals surface area contributed by atoms with Gasteiger partial charge >= 0.3 is 0 Å². The number of anilines is 3. The van der Waals surface area contributed by atoms with Crippen LogP contribution in [0.4, 0.5) is 17.3 Å². The topological polar surface area (TPSA) is 69.7 Å². The third-order valence-electron chi connectivity index (χ3n) is 2.90. The van der Waals surface area contributed by atoms with Crippen molar-refractivity contribution in [3.05, 3.63) is 35.7 Å². The molecule has 0 amide bonds. The molecule has 2 aromatic heterocycles. The number of aromatic amines is 1. The van der Waals surface area contributed by atoms with Crippen molar-refractivity contribution in [1.82, 2.24) is 20.2 Å². The van der Waals surface area contributed by atoms with E-state index in [0.29, 0.717) is 16.7 Å². The van der Waals surface area contributed by atoms with E-state index < -0.39 is 0 Å². The van der Waals surface area contributed by atoms with Crippen molar-refractivity contribution in [3.63, 3.8) is 0 Å². The van der Waals surface area contributed by atoms with Crippen LogP contribution in [0.25, 0.3) is 10.9 Å². The minimum Gasteiger partial charge on any atom is -0.361 e. The Bertz CT molecular complexity index is 751. The minimum atomic E-state index is 0.491. The summed E-state index contributed by atoms with van der Waals surface area (Å²) in [6, 6.07) is 5.87. The van der Waals surface area contributed by atoms with Crippen molar-refractivity contribution in [3.8, 4) is 0 Å². The third kappa shape index (κ3) is 2.25. The van der Waals surface area contributed by atoms with Crippen LogP contribution < -0.4 is 10.2 Å². The quantitative estimate of drug-likeness (QED) is 0.775. The molecule has 1 aromatic carbocycles. The molecule has 20 heavy (non-hydrogen) atoms. The number of benzene rings is 1. The molecule has 0 radical (unpaired) electrons. The lowest BCUT2D eigenvalue weighted by molar-refractivity contribution is 1.04. The molecule has 0 aliphatic rings. The molecule has 0 fully saturated rings. The first-order valence-electron chi connectivity index (χ1n) is 6.03. The fraction of sp³-hybridized carbons (Fsp3) is 0.154. The standard InChI is InChI=1S/C13H13ClN6/c1-20(2)13-11(14)12(15-7-16-13)18-9-3-4-10-8(5-9)6-17-19-10/h3-7H,1-2H3,(H,17,19)(H,15,16,18). The van der Waals surface area contributed by atoms with Gasteiger partial charge in [-0.2, -0.15) is 5.10 Å². The molecule has 3 rings (SSSR count). The summed E-state index contributed by atoms with van der Waals surface area (Å²) in [5, 5.41) is 11.6. The van der Waals surface area contributed by atoms with E-state index in [1.165, 1.54) is 6.33 Å². The Morgan fingerprint density at radius 3 is 2.90 bits per heavy atom. The van der Waals surface area contributed by atoms with Gasteiger partial charge in [-0.15, -0.1) is 0 Å². The molecule has 0 unspecified atom stereocenters. The van der Waals surface area contributed by atoms with Gasteiger partial charge < -0.3 is 10.2 Å². The maximum atomic E-state index is 6.30. The van der Waals surface area contributed by atoms with Gasteiger partial charge in [0.05, 0.1) is 11.7 Å². The predicted octanol–water partition coefficient (Wildman–Crippen LogP) is 2.82. The lowest BCUT2D eigenvalue weighted by Crippen LogP contribution is -2.12. The van der Waals surface area contributed by atoms with Gasteiger partial charge in [0.1, 0.15) is 11.3 Å². The van der Waals surface area contributed by atoms with E-state index in [9.17, 15) is 0 Å². The average Bonchev–Trinajstić information content (AvgIpc) is 2.88. The number of hydrogen-bond acceptors (Lipinski definition) is 5. The Balaban J connectivity index is 1.96. The molecule has 0 aliphatic carbocycles. The summed E-state index contributed by atoms with van der Waals surface area (Å²) in [6.07, 6.45) is 3.26. The summed E-state index contributed by atoms with van der Waals surface area (Å²) in [5.74, 6) is 1.25. The highest BCUT2D eigenvalue weighted by Crippen LogP contribution is 2.30. The number of fused-ring (bicyclic) bond motifs is 1. The summed E-state index contributed by atoms with van der Waals surface area (Å²) in [6.45, 7) is 0. The molecular formula is C13H13ClN6. The molecule has 0 atom stereocenters. The number of nitrogens with zero attached hydrogens (tertiary/aromatic N) is 4. The van der Waals surface area contributed by atoms with E-state index in [-0.39, 0.29) is 0 Å². The summed E-state index contributed by atoms with van der Waals surface area (Å²) in [7, 11) is 3.77. The molecule has 7 heteroatoms. The van der Waals surface area contributed by atoms with Crippen LogP contribution in [0.2, 0.25) is 5.02 Å². The number of hydrogen-bond donors (Lipinski definition) is 2. The average molecular weight is 289 g/mol. The summed E-state index contributed by atoms with van der Waals surface area (Å²) >= 11 is 6.30. The summed E-state index contributed by atoms with van der Waals surface area (Å²) in [4.78, 5) is 10.2. The van der Waals surface area contributed by atoms with E-state index >= 15 is 0 Å². The van der Waals surface area contributed by atoms with Crippen molar-refractivity contribution >= 4 is 39.8 Å². The van der Waals surface area contributed by atoms with Gasteiger partial charge in [0.2, 0.25) is 0 Å². The number of aromatic nitrogens is 4. The first kappa shape index (κ1) is 12.7. The van der Waals surface area contributed by atoms with E-state index in [1.54, 1.807) is 6.20 Å². The van der Waals surface area contributed by atoms with E-state index in [0.717, 1.165) is 16.6 Å². The van der Waals surface area contributed by atoms with Crippen molar-refractivity contribution < 1.29 is 0 Å². The highest BCUT2D eigenvalue weighted by molar-refractivity contribution is 6.35. The van der Waals surface area contributed by atoms with Crippen LogP contribution in [0.1, 0.15) is 0 Å². The normalized spacial score (nSPS) is 10.8. The summed E-state index contributed by atoms with van der Waals surface area (Å²) < 4.78 is 0. The van der Waals surface area contributed by atoms with Crippen LogP contribution in [0, 0.1) is 0 Å². The molecule has 0 spiro atoms. The van der Waals surface area contributed by atoms with E-state index in [4.69, 9.17) is 11.6 Å². The number of nitrogens with one attached hydrogen (secondary N) is 2. The Morgan fingerprint density at radius 1 is 1.25 bits per heavy atom. The zero-order valence-corrected chi connectivity index (χ0v) is 11.8. The van der Waals surface area contributed by atoms with Gasteiger partial charge in [0, 0.05) is 25.2 Å². The fourth-order valence-electron chi connectivity index (χ4n) is 1.92. The van der Waals surface area contributed by atoms with Crippen LogP contribution in [-0.2, 0) is 0 Å². The smallest absolute Gasteiger partial charge is 0.154 e. The van der Waals surface area contributed by atoms with E-state index in [2.05, 4.69) is 25.5 Å². The molecule has 3 aromatic rings. The second-order valence-electron chi connectivity index (χ2n) is 4.55. The lowest BCUT2D eigenvalue weighted by Gasteiger charge is -2.15. The van der Waals surface area contributed by atoms with Crippen LogP contribution in [0.3, 0.4) is 0 Å². The predicted molar refractivity (Wildman–Crippen MR) is 80.7 cm³/mol. The van der Waals surface area contributed by atoms with Gasteiger partial charge in [-0.1, -0.05) is 11.6 Å². The highest BCUT2D eigenvalue weighted by atomic mass is 35.5. The second-order valence-corrected chi connectivity index (χ2v) is 4.93. The Morgan fingerprint density at radius 2 is 2.10 bits per heavy atom. The Hall–Kier alpha value is -2.34. The van der Waals surface area contributed by atoms with Gasteiger partial charge in [-0.3, -0.25) is 5.10 Å². The Labute approximate surface area is 120 Å². The third-order valence-corrected chi connectivity index (χ3v) is 3.25. The first-order valence-corrected chi connectivity index (χ1v) is 6.41. The second kappa shape index (κ2) is 4.97. The fourth-order valence-corrected chi connectivity index (χ4v) is 2.23. The molecule has 0 saturated carbocycles. The van der Waals surface area contributed by atoms with E-state index in [1.807, 2.05) is 37.2 Å². The number of halogens is 1. The van der Waals surface area contributed by atoms with Gasteiger partial charge in [-0.05, 0) is 18.2 Å². The lowest BCUT2D eigenvalue weighted by atomic mass is 10.2. The van der Waals surface area contributed by atoms with Crippen LogP contribution >= 0.6 is 11.6 Å². The highest BCUT2D eigenvalue weighted by Gasteiger charge is 2.11. The molecule has 0 bridgehead atoms. The molecule has 2 heterocycles. The molecule has 6 nitrogen and oxygen atoms in total. The molecule has 102 valence electrons. The zero-order chi connectivity index (χ0) is 14.1. The minimum absolute atomic E-state index is 0.491. The van der Waals surface area contributed by atoms with Crippen molar-refractivity contribution in [2.75, 3.05) is 24.3 Å². The Kier molecular flexibility index (Phi) is 3.15. The maximum absolute atomic E-state index is 6.30. The number of rotatable bonds is 3.